The fourth-order valence-corrected chi connectivity index (χ4v) is 4.07. The Morgan fingerprint density at radius 2 is 2.19 bits per heavy atom. The van der Waals surface area contributed by atoms with Gasteiger partial charge in [0.05, 0.1) is 0 Å². The lowest BCUT2D eigenvalue weighted by atomic mass is 9.82. The maximum absolute atomic E-state index is 5.49. The Labute approximate surface area is 130 Å². The average Bonchev–Trinajstić information content (AvgIpc) is 3.10. The number of nitrogens with zero attached hydrogens (tertiary/aromatic N) is 2. The monoisotopic (exact) mass is 305 g/mol. The Morgan fingerprint density at radius 3 is 2.95 bits per heavy atom. The lowest BCUT2D eigenvalue weighted by Crippen LogP contribution is -2.39. The lowest BCUT2D eigenvalue weighted by molar-refractivity contribution is 0.242. The highest BCUT2D eigenvalue weighted by Gasteiger charge is 2.26. The molecule has 0 aromatic carbocycles. The van der Waals surface area contributed by atoms with Crippen LogP contribution >= 0.6 is 11.3 Å². The summed E-state index contributed by atoms with van der Waals surface area (Å²) >= 11 is 1.68. The molecule has 0 aliphatic heterocycles. The van der Waals surface area contributed by atoms with Crippen LogP contribution in [-0.4, -0.2) is 22.7 Å². The van der Waals surface area contributed by atoms with Crippen molar-refractivity contribution in [2.45, 2.75) is 52.0 Å². The van der Waals surface area contributed by atoms with E-state index in [-0.39, 0.29) is 0 Å². The Bertz CT molecular complexity index is 576. The Kier molecular flexibility index (Phi) is 4.70. The van der Waals surface area contributed by atoms with Gasteiger partial charge in [-0.05, 0) is 43.2 Å². The summed E-state index contributed by atoms with van der Waals surface area (Å²) in [5.41, 5.74) is 2.32. The van der Waals surface area contributed by atoms with E-state index in [0.717, 1.165) is 30.2 Å². The van der Waals surface area contributed by atoms with Crippen LogP contribution in [0.25, 0.3) is 11.4 Å². The fraction of sp³-hybridized carbons (Fsp3) is 0.625. The molecule has 1 fully saturated rings. The highest BCUT2D eigenvalue weighted by Crippen LogP contribution is 2.29. The first kappa shape index (κ1) is 14.7. The Morgan fingerprint density at radius 1 is 1.33 bits per heavy atom. The van der Waals surface area contributed by atoms with Crippen molar-refractivity contribution in [1.82, 2.24) is 15.5 Å². The van der Waals surface area contributed by atoms with E-state index in [2.05, 4.69) is 40.1 Å². The third-order valence-corrected chi connectivity index (χ3v) is 5.24. The summed E-state index contributed by atoms with van der Waals surface area (Å²) in [4.78, 5) is 4.60. The van der Waals surface area contributed by atoms with Crippen LogP contribution in [0.2, 0.25) is 0 Å². The van der Waals surface area contributed by atoms with E-state index < -0.39 is 0 Å². The summed E-state index contributed by atoms with van der Waals surface area (Å²) in [7, 11) is 0. The molecule has 0 radical (unpaired) electrons. The molecule has 0 spiro atoms. The molecule has 2 aromatic rings. The van der Waals surface area contributed by atoms with Gasteiger partial charge < -0.3 is 9.84 Å². The molecule has 0 amide bonds. The summed E-state index contributed by atoms with van der Waals surface area (Å²) in [6, 6.07) is 0.599. The second-order valence-corrected chi connectivity index (χ2v) is 6.64. The summed E-state index contributed by atoms with van der Waals surface area (Å²) in [5.74, 6) is 2.14. The Balaban J connectivity index is 1.70. The molecule has 2 aromatic heterocycles. The molecule has 2 unspecified atom stereocenters. The van der Waals surface area contributed by atoms with Crippen molar-refractivity contribution in [2.75, 3.05) is 6.54 Å². The molecule has 5 heteroatoms. The van der Waals surface area contributed by atoms with Gasteiger partial charge in [0.25, 0.3) is 0 Å². The van der Waals surface area contributed by atoms with Gasteiger partial charge in [-0.15, -0.1) is 0 Å². The zero-order valence-electron chi connectivity index (χ0n) is 12.8. The van der Waals surface area contributed by atoms with Crippen LogP contribution in [-0.2, 0) is 6.42 Å². The third-order valence-electron chi connectivity index (χ3n) is 4.38. The number of aryl methyl sites for hydroxylation is 1. The maximum atomic E-state index is 5.49. The smallest absolute Gasteiger partial charge is 0.227 e. The van der Waals surface area contributed by atoms with Gasteiger partial charge in [0, 0.05) is 23.4 Å². The minimum absolute atomic E-state index is 0.599. The molecule has 21 heavy (non-hydrogen) atoms. The summed E-state index contributed by atoms with van der Waals surface area (Å²) in [6.45, 7) is 5.30. The number of aromatic nitrogens is 2. The molecule has 1 aliphatic rings. The van der Waals surface area contributed by atoms with Gasteiger partial charge in [-0.3, -0.25) is 0 Å². The van der Waals surface area contributed by atoms with Gasteiger partial charge in [0.1, 0.15) is 0 Å². The van der Waals surface area contributed by atoms with Gasteiger partial charge in [-0.1, -0.05) is 24.9 Å². The predicted octanol–water partition coefficient (Wildman–Crippen LogP) is 3.82. The van der Waals surface area contributed by atoms with Crippen molar-refractivity contribution in [3.05, 3.63) is 22.2 Å². The maximum Gasteiger partial charge on any atom is 0.227 e. The fourth-order valence-electron chi connectivity index (χ4n) is 3.24. The van der Waals surface area contributed by atoms with Crippen LogP contribution < -0.4 is 5.32 Å². The Hall–Kier alpha value is -1.20. The van der Waals surface area contributed by atoms with Crippen molar-refractivity contribution in [1.29, 1.82) is 0 Å². The van der Waals surface area contributed by atoms with Crippen LogP contribution in [0.5, 0.6) is 0 Å². The van der Waals surface area contributed by atoms with Crippen molar-refractivity contribution >= 4 is 11.3 Å². The first-order chi connectivity index (χ1) is 10.3. The van der Waals surface area contributed by atoms with Crippen molar-refractivity contribution in [3.8, 4) is 11.4 Å². The van der Waals surface area contributed by atoms with E-state index in [9.17, 15) is 0 Å². The molecule has 3 rings (SSSR count). The number of rotatable bonds is 5. The van der Waals surface area contributed by atoms with Crippen LogP contribution in [0, 0.1) is 12.8 Å². The average molecular weight is 305 g/mol. The van der Waals surface area contributed by atoms with Crippen molar-refractivity contribution in [2.24, 2.45) is 5.92 Å². The second-order valence-electron chi connectivity index (χ2n) is 5.89. The lowest BCUT2D eigenvalue weighted by Gasteiger charge is -2.31. The van der Waals surface area contributed by atoms with Gasteiger partial charge >= 0.3 is 0 Å². The predicted molar refractivity (Wildman–Crippen MR) is 85.5 cm³/mol. The summed E-state index contributed by atoms with van der Waals surface area (Å²) < 4.78 is 5.49. The van der Waals surface area contributed by atoms with E-state index in [1.54, 1.807) is 11.3 Å². The van der Waals surface area contributed by atoms with Crippen LogP contribution in [0.1, 0.15) is 44.1 Å². The van der Waals surface area contributed by atoms with E-state index in [0.29, 0.717) is 12.0 Å². The second kappa shape index (κ2) is 6.71. The summed E-state index contributed by atoms with van der Waals surface area (Å²) in [5, 5.41) is 12.0. The van der Waals surface area contributed by atoms with E-state index in [4.69, 9.17) is 4.52 Å². The molecule has 4 nitrogen and oxygen atoms in total. The number of thiophene rings is 1. The first-order valence-electron chi connectivity index (χ1n) is 7.87. The van der Waals surface area contributed by atoms with E-state index >= 15 is 0 Å². The van der Waals surface area contributed by atoms with Gasteiger partial charge in [0.2, 0.25) is 11.7 Å². The minimum Gasteiger partial charge on any atom is -0.339 e. The van der Waals surface area contributed by atoms with Crippen molar-refractivity contribution < 1.29 is 4.52 Å². The molecule has 0 bridgehead atoms. The van der Waals surface area contributed by atoms with Crippen LogP contribution in [0.4, 0.5) is 0 Å². The van der Waals surface area contributed by atoms with E-state index in [1.807, 2.05) is 0 Å². The SMILES string of the molecule is CCNC1CCCCC1Cc1nc(-c2cscc2C)no1. The standard InChI is InChI=1S/C16H23N3OS/c1-3-17-14-7-5-4-6-12(14)8-15-18-16(19-20-15)13-10-21-9-11(13)2/h9-10,12,14,17H,3-8H2,1-2H3. The highest BCUT2D eigenvalue weighted by molar-refractivity contribution is 7.08. The van der Waals surface area contributed by atoms with Gasteiger partial charge in [-0.25, -0.2) is 0 Å². The summed E-state index contributed by atoms with van der Waals surface area (Å²) in [6.07, 6.45) is 6.07. The molecular formula is C16H23N3OS. The minimum atomic E-state index is 0.599. The van der Waals surface area contributed by atoms with Crippen LogP contribution in [0.3, 0.4) is 0 Å². The quantitative estimate of drug-likeness (QED) is 0.912. The topological polar surface area (TPSA) is 51.0 Å². The molecule has 1 saturated carbocycles. The first-order valence-corrected chi connectivity index (χ1v) is 8.81. The molecular weight excluding hydrogens is 282 g/mol. The molecule has 2 atom stereocenters. The molecule has 1 N–H and O–H groups in total. The molecule has 2 heterocycles. The molecule has 0 saturated heterocycles. The number of nitrogens with one attached hydrogen (secondary N) is 1. The number of hydrogen-bond donors (Lipinski definition) is 1. The van der Waals surface area contributed by atoms with Crippen molar-refractivity contribution in [3.63, 3.8) is 0 Å². The zero-order chi connectivity index (χ0) is 14.7. The molecule has 1 aliphatic carbocycles. The zero-order valence-corrected chi connectivity index (χ0v) is 13.6. The largest absolute Gasteiger partial charge is 0.339 e. The van der Waals surface area contributed by atoms with Crippen LogP contribution in [0.15, 0.2) is 15.3 Å². The van der Waals surface area contributed by atoms with Gasteiger partial charge in [0.15, 0.2) is 0 Å². The van der Waals surface area contributed by atoms with Gasteiger partial charge in [-0.2, -0.15) is 16.3 Å². The normalized spacial score (nSPS) is 22.6. The number of hydrogen-bond acceptors (Lipinski definition) is 5. The van der Waals surface area contributed by atoms with E-state index in [1.165, 1.54) is 31.2 Å². The third kappa shape index (κ3) is 3.35. The highest BCUT2D eigenvalue weighted by atomic mass is 32.1. The molecule has 114 valence electrons.